The number of aromatic nitrogens is 2. The minimum atomic E-state index is -3.84. The van der Waals surface area contributed by atoms with E-state index in [9.17, 15) is 28.3 Å². The van der Waals surface area contributed by atoms with E-state index in [2.05, 4.69) is 10.3 Å². The average molecular weight is 363 g/mol. The molecule has 1 aliphatic rings. The molecule has 1 aliphatic heterocycles. The van der Waals surface area contributed by atoms with Crippen LogP contribution >= 0.6 is 0 Å². The maximum atomic E-state index is 14.0. The van der Waals surface area contributed by atoms with Crippen LogP contribution in [0.4, 0.5) is 14.6 Å². The molecule has 25 heavy (non-hydrogen) atoms. The Morgan fingerprint density at radius 3 is 2.60 bits per heavy atom. The van der Waals surface area contributed by atoms with Crippen LogP contribution in [0, 0.1) is 0 Å². The van der Waals surface area contributed by atoms with E-state index in [-0.39, 0.29) is 12.2 Å². The van der Waals surface area contributed by atoms with Crippen LogP contribution in [-0.4, -0.2) is 61.5 Å². The summed E-state index contributed by atoms with van der Waals surface area (Å²) in [7, 11) is 0. The number of hydrogen-bond donors (Lipinski definition) is 4. The van der Waals surface area contributed by atoms with Crippen molar-refractivity contribution in [2.45, 2.75) is 37.2 Å². The van der Waals surface area contributed by atoms with Crippen molar-refractivity contribution < 1.29 is 38.4 Å². The third kappa shape index (κ3) is 3.97. The number of aliphatic carboxylic acids is 1. The number of nitrogens with zero attached hydrogens (tertiary/aromatic N) is 2. The van der Waals surface area contributed by atoms with Crippen molar-refractivity contribution >= 4 is 17.7 Å². The number of hydrogen-bond acceptors (Lipinski definition) is 7. The van der Waals surface area contributed by atoms with Crippen LogP contribution in [0.15, 0.2) is 17.1 Å². The predicted octanol–water partition coefficient (Wildman–Crippen LogP) is -1.07. The predicted molar refractivity (Wildman–Crippen MR) is 75.9 cm³/mol. The minimum absolute atomic E-state index is 0.253. The number of halogens is 2. The van der Waals surface area contributed by atoms with Gasteiger partial charge >= 0.3 is 17.6 Å². The molecule has 2 rings (SSSR count). The van der Waals surface area contributed by atoms with E-state index in [0.29, 0.717) is 4.57 Å². The zero-order chi connectivity index (χ0) is 18.8. The summed E-state index contributed by atoms with van der Waals surface area (Å²) in [6.45, 7) is -0.868. The monoisotopic (exact) mass is 363 g/mol. The first kappa shape index (κ1) is 18.9. The fourth-order valence-corrected chi connectivity index (χ4v) is 2.21. The van der Waals surface area contributed by atoms with E-state index >= 15 is 0 Å². The highest BCUT2D eigenvalue weighted by atomic mass is 19.3. The lowest BCUT2D eigenvalue weighted by atomic mass is 10.1. The highest BCUT2D eigenvalue weighted by Gasteiger charge is 2.59. The van der Waals surface area contributed by atoms with Crippen LogP contribution in [0.1, 0.15) is 19.1 Å². The Bertz CT molecular complexity index is 724. The number of amides is 1. The van der Waals surface area contributed by atoms with Gasteiger partial charge in [-0.2, -0.15) is 13.8 Å². The van der Waals surface area contributed by atoms with Gasteiger partial charge in [0.1, 0.15) is 11.9 Å². The molecule has 3 atom stereocenters. The Hall–Kier alpha value is -2.44. The molecule has 2 heterocycles. The number of anilines is 1. The van der Waals surface area contributed by atoms with Crippen molar-refractivity contribution in [2.24, 2.45) is 0 Å². The molecule has 0 saturated carbocycles. The molecule has 1 aromatic rings. The molecular formula is C13H15F2N3O7. The molecule has 12 heteroatoms. The topological polar surface area (TPSA) is 151 Å². The third-order valence-electron chi connectivity index (χ3n) is 3.48. The second kappa shape index (κ2) is 7.21. The van der Waals surface area contributed by atoms with Gasteiger partial charge in [-0.15, -0.1) is 0 Å². The summed E-state index contributed by atoms with van der Waals surface area (Å²) < 4.78 is 33.2. The second-order valence-corrected chi connectivity index (χ2v) is 5.27. The van der Waals surface area contributed by atoms with Crippen molar-refractivity contribution in [3.8, 4) is 0 Å². The lowest BCUT2D eigenvalue weighted by molar-refractivity contribution is -0.141. The van der Waals surface area contributed by atoms with Crippen LogP contribution in [0.25, 0.3) is 0 Å². The molecule has 138 valence electrons. The normalized spacial score (nSPS) is 24.9. The molecule has 0 radical (unpaired) electrons. The molecular weight excluding hydrogens is 348 g/mol. The van der Waals surface area contributed by atoms with Gasteiger partial charge in [-0.05, 0) is 6.07 Å². The number of carboxylic acids is 1. The van der Waals surface area contributed by atoms with Gasteiger partial charge in [0.05, 0.1) is 13.0 Å². The Balaban J connectivity index is 2.16. The summed E-state index contributed by atoms with van der Waals surface area (Å²) in [4.78, 5) is 37.1. The minimum Gasteiger partial charge on any atom is -0.481 e. The molecule has 1 aromatic heterocycles. The van der Waals surface area contributed by atoms with Crippen molar-refractivity contribution in [3.05, 3.63) is 22.7 Å². The molecule has 0 aliphatic carbocycles. The maximum Gasteiger partial charge on any atom is 0.351 e. The Morgan fingerprint density at radius 2 is 2.08 bits per heavy atom. The fourth-order valence-electron chi connectivity index (χ4n) is 2.21. The van der Waals surface area contributed by atoms with Gasteiger partial charge in [-0.25, -0.2) is 4.79 Å². The molecule has 1 amide bonds. The molecule has 1 unspecified atom stereocenters. The largest absolute Gasteiger partial charge is 0.481 e. The van der Waals surface area contributed by atoms with Gasteiger partial charge in [0.15, 0.2) is 6.10 Å². The lowest BCUT2D eigenvalue weighted by Gasteiger charge is -2.21. The van der Waals surface area contributed by atoms with Gasteiger partial charge in [0, 0.05) is 12.6 Å². The summed E-state index contributed by atoms with van der Waals surface area (Å²) in [5.74, 6) is -6.00. The van der Waals surface area contributed by atoms with Crippen molar-refractivity contribution in [1.29, 1.82) is 0 Å². The van der Waals surface area contributed by atoms with Gasteiger partial charge in [-0.1, -0.05) is 0 Å². The smallest absolute Gasteiger partial charge is 0.351 e. The van der Waals surface area contributed by atoms with Crippen LogP contribution in [0.3, 0.4) is 0 Å². The van der Waals surface area contributed by atoms with Crippen LogP contribution < -0.4 is 11.0 Å². The Kier molecular flexibility index (Phi) is 5.45. The van der Waals surface area contributed by atoms with Crippen molar-refractivity contribution in [3.63, 3.8) is 0 Å². The second-order valence-electron chi connectivity index (χ2n) is 5.27. The summed E-state index contributed by atoms with van der Waals surface area (Å²) >= 11 is 0. The van der Waals surface area contributed by atoms with Gasteiger partial charge in [0.2, 0.25) is 12.1 Å². The van der Waals surface area contributed by atoms with Crippen LogP contribution in [0.5, 0.6) is 0 Å². The van der Waals surface area contributed by atoms with Gasteiger partial charge in [0.25, 0.3) is 0 Å². The van der Waals surface area contributed by atoms with Gasteiger partial charge < -0.3 is 25.4 Å². The lowest BCUT2D eigenvalue weighted by Crippen LogP contribution is -2.41. The molecule has 0 spiro atoms. The highest BCUT2D eigenvalue weighted by Crippen LogP contribution is 2.41. The molecule has 0 aromatic carbocycles. The average Bonchev–Trinajstić information content (AvgIpc) is 2.76. The van der Waals surface area contributed by atoms with Crippen molar-refractivity contribution in [1.82, 2.24) is 9.55 Å². The third-order valence-corrected chi connectivity index (χ3v) is 3.48. The number of carboxylic acid groups (broad SMARTS) is 1. The zero-order valence-electron chi connectivity index (χ0n) is 12.6. The fraction of sp³-hybridized carbons (Fsp3) is 0.538. The summed E-state index contributed by atoms with van der Waals surface area (Å²) in [5.41, 5.74) is -1.19. The van der Waals surface area contributed by atoms with Crippen LogP contribution in [0.2, 0.25) is 0 Å². The van der Waals surface area contributed by atoms with E-state index in [0.717, 1.165) is 12.3 Å². The SMILES string of the molecule is O=C(O)CCC(=O)Nc1ccn([C@@H]2O[C@H](CO)C(O)C2(F)F)c(=O)n1. The quantitative estimate of drug-likeness (QED) is 0.499. The highest BCUT2D eigenvalue weighted by molar-refractivity contribution is 5.91. The number of ether oxygens (including phenoxy) is 1. The number of aliphatic hydroxyl groups excluding tert-OH is 2. The van der Waals surface area contributed by atoms with E-state index < -0.39 is 55.0 Å². The Labute approximate surface area is 138 Å². The number of carbonyl (C=O) groups is 2. The number of aliphatic hydroxyl groups is 2. The first-order valence-electron chi connectivity index (χ1n) is 7.10. The first-order chi connectivity index (χ1) is 11.7. The standard InChI is InChI=1S/C13H15F2N3O7/c14-13(15)10(23)6(5-19)25-11(13)18-4-3-7(17-12(18)24)16-8(20)1-2-9(21)22/h3-4,6,10-11,19,23H,1-2,5H2,(H,21,22)(H,16,17,20,24)/t6-,10?,11-/m1/s1. The maximum absolute atomic E-state index is 14.0. The van der Waals surface area contributed by atoms with E-state index in [1.807, 2.05) is 0 Å². The summed E-state index contributed by atoms with van der Waals surface area (Å²) in [6, 6.07) is 1.04. The van der Waals surface area contributed by atoms with Gasteiger partial charge in [-0.3, -0.25) is 14.2 Å². The van der Waals surface area contributed by atoms with E-state index in [4.69, 9.17) is 14.9 Å². The Morgan fingerprint density at radius 1 is 1.40 bits per heavy atom. The summed E-state index contributed by atoms with van der Waals surface area (Å²) in [6.07, 6.45) is -5.93. The van der Waals surface area contributed by atoms with Crippen molar-refractivity contribution in [2.75, 3.05) is 11.9 Å². The molecule has 10 nitrogen and oxygen atoms in total. The molecule has 1 saturated heterocycles. The number of alkyl halides is 2. The molecule has 0 bridgehead atoms. The van der Waals surface area contributed by atoms with Crippen LogP contribution in [-0.2, 0) is 14.3 Å². The number of rotatable bonds is 6. The number of nitrogens with one attached hydrogen (secondary N) is 1. The first-order valence-corrected chi connectivity index (χ1v) is 7.10. The van der Waals surface area contributed by atoms with E-state index in [1.165, 1.54) is 0 Å². The molecule has 4 N–H and O–H groups in total. The number of carbonyl (C=O) groups excluding carboxylic acids is 1. The zero-order valence-corrected chi connectivity index (χ0v) is 12.6. The molecule has 1 fully saturated rings. The van der Waals surface area contributed by atoms with E-state index in [1.54, 1.807) is 0 Å². The summed E-state index contributed by atoms with van der Waals surface area (Å²) in [5, 5.41) is 29.0.